The largest absolute Gasteiger partial charge is 0.315 e. The van der Waals surface area contributed by atoms with E-state index in [1.165, 1.54) is 6.21 Å². The quantitative estimate of drug-likeness (QED) is 0.415. The summed E-state index contributed by atoms with van der Waals surface area (Å²) >= 11 is 1.89. The van der Waals surface area contributed by atoms with E-state index in [4.69, 9.17) is 8.48 Å². The summed E-state index contributed by atoms with van der Waals surface area (Å²) in [6, 6.07) is 0. The number of hydrogen-bond donors (Lipinski definition) is 1. The Labute approximate surface area is 94.3 Å². The minimum Gasteiger partial charge on any atom is -0.315 e. The van der Waals surface area contributed by atoms with Crippen molar-refractivity contribution in [3.05, 3.63) is 25.3 Å². The highest BCUT2D eigenvalue weighted by molar-refractivity contribution is 14.1. The van der Waals surface area contributed by atoms with Crippen LogP contribution < -0.4 is 0 Å². The topological polar surface area (TPSA) is 33.1 Å². The van der Waals surface area contributed by atoms with Gasteiger partial charge in [-0.25, -0.2) is 0 Å². The molecule has 0 radical (unpaired) electrons. The third-order valence-corrected chi connectivity index (χ3v) is 2.36. The van der Waals surface area contributed by atoms with Crippen LogP contribution in [0.5, 0.6) is 0 Å². The molecule has 0 rings (SSSR count). The standard InChI is InChI=1S/C10H16INO/c1-3-9(7-12)5-6-10(4-2)8-13-11/h3-4,7,9-10,12H,1-2,5-6,8H2/t9?,10-/m0/s1. The van der Waals surface area contributed by atoms with Crippen molar-refractivity contribution in [1.82, 2.24) is 0 Å². The third-order valence-electron chi connectivity index (χ3n) is 2.00. The summed E-state index contributed by atoms with van der Waals surface area (Å²) in [5.74, 6) is 0.580. The van der Waals surface area contributed by atoms with Crippen LogP contribution >= 0.6 is 23.0 Å². The van der Waals surface area contributed by atoms with E-state index in [1.54, 1.807) is 6.08 Å². The summed E-state index contributed by atoms with van der Waals surface area (Å²) in [6.45, 7) is 8.12. The molecule has 13 heavy (non-hydrogen) atoms. The Balaban J connectivity index is 3.74. The zero-order chi connectivity index (χ0) is 10.1. The molecule has 74 valence electrons. The third kappa shape index (κ3) is 5.99. The zero-order valence-corrected chi connectivity index (χ0v) is 9.87. The summed E-state index contributed by atoms with van der Waals surface area (Å²) in [4.78, 5) is 0. The van der Waals surface area contributed by atoms with Gasteiger partial charge in [0.25, 0.3) is 0 Å². The SMILES string of the molecule is C=CC(C=N)CC[C@H](C=C)COI. The van der Waals surface area contributed by atoms with Gasteiger partial charge in [-0.05, 0) is 12.8 Å². The van der Waals surface area contributed by atoms with E-state index >= 15 is 0 Å². The maximum Gasteiger partial charge on any atom is 0.109 e. The van der Waals surface area contributed by atoms with Gasteiger partial charge in [0.1, 0.15) is 23.0 Å². The van der Waals surface area contributed by atoms with Gasteiger partial charge in [-0.2, -0.15) is 0 Å². The number of rotatable bonds is 8. The Bertz CT molecular complexity index is 162. The fraction of sp³-hybridized carbons (Fsp3) is 0.500. The number of hydrogen-bond acceptors (Lipinski definition) is 2. The number of halogens is 1. The van der Waals surface area contributed by atoms with Crippen LogP contribution in [0.15, 0.2) is 25.3 Å². The molecule has 2 nitrogen and oxygen atoms in total. The number of nitrogens with one attached hydrogen (secondary N) is 1. The first kappa shape index (κ1) is 12.8. The molecule has 0 aromatic carbocycles. The fourth-order valence-electron chi connectivity index (χ4n) is 1.03. The van der Waals surface area contributed by atoms with Crippen LogP contribution in [0, 0.1) is 17.2 Å². The monoisotopic (exact) mass is 293 g/mol. The minimum atomic E-state index is 0.191. The van der Waals surface area contributed by atoms with E-state index < -0.39 is 0 Å². The van der Waals surface area contributed by atoms with Gasteiger partial charge in [0.2, 0.25) is 0 Å². The maximum absolute atomic E-state index is 7.11. The molecule has 1 N–H and O–H groups in total. The van der Waals surface area contributed by atoms with Crippen molar-refractivity contribution in [2.45, 2.75) is 12.8 Å². The zero-order valence-electron chi connectivity index (χ0n) is 7.71. The normalized spacial score (nSPS) is 14.5. The molecular weight excluding hydrogens is 277 g/mol. The van der Waals surface area contributed by atoms with E-state index in [9.17, 15) is 0 Å². The van der Waals surface area contributed by atoms with E-state index in [-0.39, 0.29) is 5.92 Å². The molecule has 0 aliphatic heterocycles. The first-order chi connectivity index (χ1) is 6.28. The molecule has 0 saturated carbocycles. The second-order valence-electron chi connectivity index (χ2n) is 2.92. The van der Waals surface area contributed by atoms with E-state index in [1.807, 2.05) is 29.1 Å². The van der Waals surface area contributed by atoms with Gasteiger partial charge in [0.05, 0.1) is 6.61 Å². The molecule has 0 spiro atoms. The van der Waals surface area contributed by atoms with Gasteiger partial charge in [-0.15, -0.1) is 13.2 Å². The molecule has 0 amide bonds. The maximum atomic E-state index is 7.11. The van der Waals surface area contributed by atoms with Crippen molar-refractivity contribution in [2.75, 3.05) is 6.61 Å². The molecule has 0 aromatic heterocycles. The summed E-state index contributed by atoms with van der Waals surface area (Å²) < 4.78 is 5.01. The van der Waals surface area contributed by atoms with Crippen molar-refractivity contribution in [2.24, 2.45) is 11.8 Å². The van der Waals surface area contributed by atoms with E-state index in [0.717, 1.165) is 12.8 Å². The second-order valence-corrected chi connectivity index (χ2v) is 3.54. The van der Waals surface area contributed by atoms with Gasteiger partial charge in [0.15, 0.2) is 0 Å². The van der Waals surface area contributed by atoms with Crippen molar-refractivity contribution in [3.8, 4) is 0 Å². The molecule has 3 heteroatoms. The Morgan fingerprint density at radius 2 is 2.00 bits per heavy atom. The molecule has 0 aliphatic rings. The lowest BCUT2D eigenvalue weighted by atomic mass is 9.97. The molecule has 0 heterocycles. The van der Waals surface area contributed by atoms with Crippen LogP contribution in [-0.2, 0) is 3.07 Å². The Morgan fingerprint density at radius 1 is 1.31 bits per heavy atom. The molecule has 1 unspecified atom stereocenters. The lowest BCUT2D eigenvalue weighted by Crippen LogP contribution is -2.06. The predicted octanol–water partition coefficient (Wildman–Crippen LogP) is 3.39. The van der Waals surface area contributed by atoms with Crippen LogP contribution in [-0.4, -0.2) is 12.8 Å². The average Bonchev–Trinajstić information content (AvgIpc) is 2.17. The average molecular weight is 293 g/mol. The Morgan fingerprint density at radius 3 is 2.38 bits per heavy atom. The molecule has 0 saturated heterocycles. The van der Waals surface area contributed by atoms with Gasteiger partial charge < -0.3 is 8.48 Å². The molecule has 2 atom stereocenters. The van der Waals surface area contributed by atoms with Crippen molar-refractivity contribution in [1.29, 1.82) is 5.41 Å². The van der Waals surface area contributed by atoms with Gasteiger partial charge in [-0.3, -0.25) is 0 Å². The highest BCUT2D eigenvalue weighted by Gasteiger charge is 2.07. The van der Waals surface area contributed by atoms with Crippen LogP contribution in [0.2, 0.25) is 0 Å². The Kier molecular flexibility index (Phi) is 8.33. The van der Waals surface area contributed by atoms with Crippen molar-refractivity contribution >= 4 is 29.2 Å². The summed E-state index contributed by atoms with van der Waals surface area (Å²) in [6.07, 6.45) is 7.08. The van der Waals surface area contributed by atoms with Gasteiger partial charge in [0, 0.05) is 18.1 Å². The predicted molar refractivity (Wildman–Crippen MR) is 65.4 cm³/mol. The van der Waals surface area contributed by atoms with Crippen LogP contribution in [0.1, 0.15) is 12.8 Å². The highest BCUT2D eigenvalue weighted by atomic mass is 127. The molecular formula is C10H16INO. The lowest BCUT2D eigenvalue weighted by Gasteiger charge is -2.11. The molecule has 0 aliphatic carbocycles. The second kappa shape index (κ2) is 8.44. The molecule has 0 aromatic rings. The van der Waals surface area contributed by atoms with Crippen LogP contribution in [0.25, 0.3) is 0 Å². The lowest BCUT2D eigenvalue weighted by molar-refractivity contribution is 0.343. The Hall–Kier alpha value is -0.160. The summed E-state index contributed by atoms with van der Waals surface area (Å²) in [5.41, 5.74) is 0. The van der Waals surface area contributed by atoms with Gasteiger partial charge >= 0.3 is 0 Å². The van der Waals surface area contributed by atoms with Crippen molar-refractivity contribution in [3.63, 3.8) is 0 Å². The molecule has 0 fully saturated rings. The van der Waals surface area contributed by atoms with E-state index in [2.05, 4.69) is 13.2 Å². The fourth-order valence-corrected chi connectivity index (χ4v) is 1.49. The minimum absolute atomic E-state index is 0.191. The first-order valence-corrected chi connectivity index (χ1v) is 5.15. The highest BCUT2D eigenvalue weighted by Crippen LogP contribution is 2.14. The van der Waals surface area contributed by atoms with Gasteiger partial charge in [-0.1, -0.05) is 12.2 Å². The smallest absolute Gasteiger partial charge is 0.109 e. The van der Waals surface area contributed by atoms with Crippen molar-refractivity contribution < 1.29 is 3.07 Å². The van der Waals surface area contributed by atoms with Crippen LogP contribution in [0.3, 0.4) is 0 Å². The summed E-state index contributed by atoms with van der Waals surface area (Å²) in [5, 5.41) is 7.11. The number of allylic oxidation sites excluding steroid dienone is 1. The first-order valence-electron chi connectivity index (χ1n) is 4.27. The van der Waals surface area contributed by atoms with E-state index in [0.29, 0.717) is 12.5 Å². The van der Waals surface area contributed by atoms with Crippen LogP contribution in [0.4, 0.5) is 0 Å². The summed E-state index contributed by atoms with van der Waals surface area (Å²) in [7, 11) is 0. The molecule has 0 bridgehead atoms.